The second-order valence-electron chi connectivity index (χ2n) is 3.46. The van der Waals surface area contributed by atoms with Crippen LogP contribution in [0.4, 0.5) is 0 Å². The van der Waals surface area contributed by atoms with Crippen LogP contribution in [0.5, 0.6) is 0 Å². The average Bonchev–Trinajstić information content (AvgIpc) is 1.87. The molecule has 0 spiro atoms. The molecule has 0 bridgehead atoms. The molecule has 0 saturated heterocycles. The van der Waals surface area contributed by atoms with Gasteiger partial charge in [-0.05, 0) is 18.0 Å². The number of nitrogens with one attached hydrogen (secondary N) is 1. The monoisotopic (exact) mass is 165 g/mol. The van der Waals surface area contributed by atoms with Crippen LogP contribution < -0.4 is 0 Å². The topological polar surface area (TPSA) is 23.9 Å². The summed E-state index contributed by atoms with van der Waals surface area (Å²) in [5.74, 6) is 8.31. The van der Waals surface area contributed by atoms with Crippen molar-refractivity contribution in [3.63, 3.8) is 0 Å². The van der Waals surface area contributed by atoms with E-state index in [2.05, 4.69) is 37.4 Å². The first kappa shape index (κ1) is 10.2. The second-order valence-corrected chi connectivity index (χ2v) is 8.56. The summed E-state index contributed by atoms with van der Waals surface area (Å²) in [7, 11) is -1.31. The normalized spacial score (nSPS) is 9.45. The molecule has 0 rings (SSSR count). The Morgan fingerprint density at radius 2 is 1.91 bits per heavy atom. The van der Waals surface area contributed by atoms with Gasteiger partial charge in [0.05, 0.1) is 8.07 Å². The van der Waals surface area contributed by atoms with Gasteiger partial charge in [-0.3, -0.25) is 5.41 Å². The van der Waals surface area contributed by atoms with E-state index < -0.39 is 8.07 Å². The van der Waals surface area contributed by atoms with E-state index in [0.29, 0.717) is 0 Å². The van der Waals surface area contributed by atoms with E-state index >= 15 is 0 Å². The lowest BCUT2D eigenvalue weighted by Gasteiger charge is -2.15. The van der Waals surface area contributed by atoms with Crippen molar-refractivity contribution in [1.29, 1.82) is 5.41 Å². The van der Waals surface area contributed by atoms with Gasteiger partial charge in [0.2, 0.25) is 0 Å². The summed E-state index contributed by atoms with van der Waals surface area (Å²) >= 11 is 0. The number of hydrogen-bond donors (Lipinski definition) is 1. The van der Waals surface area contributed by atoms with Gasteiger partial charge in [-0.25, -0.2) is 0 Å². The molecule has 60 valence electrons. The van der Waals surface area contributed by atoms with Crippen molar-refractivity contribution in [1.82, 2.24) is 0 Å². The van der Waals surface area contributed by atoms with Crippen LogP contribution in [0.25, 0.3) is 0 Å². The predicted octanol–water partition coefficient (Wildman–Crippen LogP) is 2.45. The second kappa shape index (κ2) is 4.18. The van der Waals surface area contributed by atoms with Gasteiger partial charge in [-0.1, -0.05) is 25.6 Å². The molecule has 2 heteroatoms. The molecule has 0 saturated carbocycles. The minimum Gasteiger partial charge on any atom is -0.259 e. The summed E-state index contributed by atoms with van der Waals surface area (Å²) in [4.78, 5) is 0. The molecule has 0 aromatic heterocycles. The quantitative estimate of drug-likeness (QED) is 0.369. The third-order valence-corrected chi connectivity index (χ3v) is 3.61. The van der Waals surface area contributed by atoms with E-state index in [1.165, 1.54) is 0 Å². The van der Waals surface area contributed by atoms with Crippen LogP contribution in [0.3, 0.4) is 0 Å². The van der Waals surface area contributed by atoms with Crippen molar-refractivity contribution in [3.05, 3.63) is 5.20 Å². The van der Waals surface area contributed by atoms with Crippen molar-refractivity contribution < 1.29 is 0 Å². The molecular formula is C9H15NSi. The fraction of sp³-hybridized carbons (Fsp3) is 0.556. The average molecular weight is 165 g/mol. The van der Waals surface area contributed by atoms with Gasteiger partial charge in [-0.15, -0.1) is 5.92 Å². The lowest BCUT2D eigenvalue weighted by Crippen LogP contribution is -2.24. The highest BCUT2D eigenvalue weighted by Gasteiger charge is 2.18. The first-order chi connectivity index (χ1) is 5.02. The van der Waals surface area contributed by atoms with E-state index in [-0.39, 0.29) is 0 Å². The van der Waals surface area contributed by atoms with E-state index in [9.17, 15) is 0 Å². The van der Waals surface area contributed by atoms with Crippen molar-refractivity contribution in [3.8, 4) is 11.8 Å². The minimum absolute atomic E-state index is 0.732. The van der Waals surface area contributed by atoms with Crippen LogP contribution in [0.1, 0.15) is 13.3 Å². The highest BCUT2D eigenvalue weighted by molar-refractivity contribution is 6.84. The van der Waals surface area contributed by atoms with E-state index in [1.807, 2.05) is 6.92 Å². The van der Waals surface area contributed by atoms with Gasteiger partial charge >= 0.3 is 0 Å². The Morgan fingerprint density at radius 1 is 1.36 bits per heavy atom. The summed E-state index contributed by atoms with van der Waals surface area (Å²) < 4.78 is 0. The molecule has 0 aliphatic carbocycles. The summed E-state index contributed by atoms with van der Waals surface area (Å²) in [6, 6.07) is 0. The third kappa shape index (κ3) is 3.82. The standard InChI is InChI=1S/C9H15NSi/c1-5-6-7-9(8-10)11(2,3)4/h10H,7H2,1-4H3. The van der Waals surface area contributed by atoms with Gasteiger partial charge in [-0.2, -0.15) is 0 Å². The van der Waals surface area contributed by atoms with Crippen LogP contribution >= 0.6 is 0 Å². The fourth-order valence-electron chi connectivity index (χ4n) is 0.674. The van der Waals surface area contributed by atoms with E-state index in [0.717, 1.165) is 11.6 Å². The summed E-state index contributed by atoms with van der Waals surface area (Å²) in [6.45, 7) is 8.45. The van der Waals surface area contributed by atoms with Gasteiger partial charge in [0.25, 0.3) is 0 Å². The lowest BCUT2D eigenvalue weighted by molar-refractivity contribution is 1.38. The fourth-order valence-corrected chi connectivity index (χ4v) is 1.67. The maximum Gasteiger partial charge on any atom is 0.0856 e. The molecule has 0 aliphatic heterocycles. The Morgan fingerprint density at radius 3 is 2.18 bits per heavy atom. The smallest absolute Gasteiger partial charge is 0.0856 e. The molecule has 0 atom stereocenters. The maximum atomic E-state index is 7.07. The third-order valence-electron chi connectivity index (χ3n) is 1.50. The first-order valence-corrected chi connectivity index (χ1v) is 7.21. The van der Waals surface area contributed by atoms with Crippen molar-refractivity contribution in [2.24, 2.45) is 0 Å². The molecule has 0 amide bonds. The number of allylic oxidation sites excluding steroid dienone is 1. The SMILES string of the molecule is CC#CCC(=C=N)[Si](C)(C)C. The largest absolute Gasteiger partial charge is 0.259 e. The number of hydrogen-bond acceptors (Lipinski definition) is 1. The zero-order valence-corrected chi connectivity index (χ0v) is 8.71. The van der Waals surface area contributed by atoms with Gasteiger partial charge in [0, 0.05) is 6.42 Å². The molecular weight excluding hydrogens is 150 g/mol. The molecule has 0 aliphatic rings. The van der Waals surface area contributed by atoms with Crippen LogP contribution in [-0.4, -0.2) is 13.9 Å². The first-order valence-electron chi connectivity index (χ1n) is 3.71. The highest BCUT2D eigenvalue weighted by Crippen LogP contribution is 2.13. The lowest BCUT2D eigenvalue weighted by atomic mass is 10.4. The molecule has 0 unspecified atom stereocenters. The number of rotatable bonds is 2. The van der Waals surface area contributed by atoms with Gasteiger partial charge in [0.15, 0.2) is 0 Å². The highest BCUT2D eigenvalue weighted by atomic mass is 28.3. The molecule has 0 aromatic rings. The Labute approximate surface area is 70.0 Å². The van der Waals surface area contributed by atoms with E-state index in [4.69, 9.17) is 5.41 Å². The van der Waals surface area contributed by atoms with Crippen LogP contribution in [0.15, 0.2) is 5.20 Å². The maximum absolute atomic E-state index is 7.07. The summed E-state index contributed by atoms with van der Waals surface area (Å²) in [5.41, 5.74) is 0. The molecule has 0 fully saturated rings. The Bertz CT molecular complexity index is 231. The van der Waals surface area contributed by atoms with E-state index in [1.54, 1.807) is 0 Å². The summed E-state index contributed by atoms with van der Waals surface area (Å²) in [5, 5.41) is 8.18. The zero-order chi connectivity index (χ0) is 8.91. The van der Waals surface area contributed by atoms with Gasteiger partial charge in [0.1, 0.15) is 0 Å². The van der Waals surface area contributed by atoms with Crippen molar-refractivity contribution in [2.75, 3.05) is 0 Å². The Balaban J connectivity index is 4.42. The van der Waals surface area contributed by atoms with Crippen molar-refractivity contribution >= 4 is 13.9 Å². The Hall–Kier alpha value is -0.773. The molecule has 0 radical (unpaired) electrons. The molecule has 0 heterocycles. The van der Waals surface area contributed by atoms with Crippen LogP contribution in [0, 0.1) is 17.3 Å². The minimum atomic E-state index is -1.31. The Kier molecular flexibility index (Phi) is 3.88. The van der Waals surface area contributed by atoms with Gasteiger partial charge < -0.3 is 0 Å². The van der Waals surface area contributed by atoms with Crippen molar-refractivity contribution in [2.45, 2.75) is 33.0 Å². The molecule has 1 nitrogen and oxygen atoms in total. The van der Waals surface area contributed by atoms with Crippen LogP contribution in [-0.2, 0) is 0 Å². The molecule has 1 N–H and O–H groups in total. The zero-order valence-electron chi connectivity index (χ0n) is 7.71. The van der Waals surface area contributed by atoms with Crippen LogP contribution in [0.2, 0.25) is 19.6 Å². The molecule has 0 aromatic carbocycles. The molecule has 11 heavy (non-hydrogen) atoms. The predicted molar refractivity (Wildman–Crippen MR) is 52.7 cm³/mol. The summed E-state index contributed by atoms with van der Waals surface area (Å²) in [6.07, 6.45) is 0.732.